The fourth-order valence-corrected chi connectivity index (χ4v) is 3.78. The number of hydrogen-bond donors (Lipinski definition) is 4. The van der Waals surface area contributed by atoms with E-state index in [2.05, 4.69) is 0 Å². The summed E-state index contributed by atoms with van der Waals surface area (Å²) < 4.78 is 10.6. The lowest BCUT2D eigenvalue weighted by Gasteiger charge is -2.20. The monoisotopic (exact) mass is 518 g/mol. The van der Waals surface area contributed by atoms with Crippen LogP contribution in [-0.2, 0) is 19.2 Å². The summed E-state index contributed by atoms with van der Waals surface area (Å²) in [7, 11) is 1.43. The zero-order valence-electron chi connectivity index (χ0n) is 21.7. The van der Waals surface area contributed by atoms with Crippen LogP contribution in [0.1, 0.15) is 80.5 Å². The lowest BCUT2D eigenvalue weighted by Crippen LogP contribution is -2.16. The number of hydrogen-bond acceptors (Lipinski definition) is 6. The van der Waals surface area contributed by atoms with Gasteiger partial charge in [-0.2, -0.15) is 0 Å². The van der Waals surface area contributed by atoms with Crippen LogP contribution in [0.2, 0.25) is 0 Å². The summed E-state index contributed by atoms with van der Waals surface area (Å²) in [5.74, 6) is -6.39. The fourth-order valence-electron chi connectivity index (χ4n) is 3.78. The highest BCUT2D eigenvalue weighted by Crippen LogP contribution is 2.35. The van der Waals surface area contributed by atoms with Crippen LogP contribution in [0.25, 0.3) is 0 Å². The summed E-state index contributed by atoms with van der Waals surface area (Å²) in [5.41, 5.74) is 1.80. The van der Waals surface area contributed by atoms with E-state index in [1.807, 2.05) is 0 Å². The third kappa shape index (κ3) is 7.70. The molecule has 0 fully saturated rings. The predicted octanol–water partition coefficient (Wildman–Crippen LogP) is 4.53. The molecule has 0 aromatic heterocycles. The minimum atomic E-state index is -1.02. The third-order valence-electron chi connectivity index (χ3n) is 6.00. The van der Waals surface area contributed by atoms with E-state index in [-0.39, 0.29) is 0 Å². The molecule has 2 rings (SSSR count). The first-order chi connectivity index (χ1) is 17.3. The van der Waals surface area contributed by atoms with E-state index in [4.69, 9.17) is 29.9 Å². The Morgan fingerprint density at radius 3 is 1.32 bits per heavy atom. The predicted molar refractivity (Wildman–Crippen MR) is 135 cm³/mol. The van der Waals surface area contributed by atoms with Crippen molar-refractivity contribution >= 4 is 23.9 Å². The van der Waals surface area contributed by atoms with Gasteiger partial charge >= 0.3 is 23.9 Å². The van der Waals surface area contributed by atoms with Crippen LogP contribution in [0.15, 0.2) is 36.4 Å². The SMILES string of the molecule is CCOc1cccc(C(C)C(=O)O)c1C(C)C(=O)O.COc1cccc(C(C)C(=O)O)c1C(C)C(=O)O. The molecule has 0 aliphatic heterocycles. The van der Waals surface area contributed by atoms with Crippen molar-refractivity contribution in [2.24, 2.45) is 0 Å². The molecule has 10 heteroatoms. The largest absolute Gasteiger partial charge is 0.496 e. The Kier molecular flexibility index (Phi) is 11.6. The Morgan fingerprint density at radius 2 is 1.00 bits per heavy atom. The number of carboxylic acids is 4. The highest BCUT2D eigenvalue weighted by Gasteiger charge is 2.28. The highest BCUT2D eigenvalue weighted by molar-refractivity contribution is 5.82. The lowest BCUT2D eigenvalue weighted by atomic mass is 9.88. The summed E-state index contributed by atoms with van der Waals surface area (Å²) in [5, 5.41) is 36.4. The lowest BCUT2D eigenvalue weighted by molar-refractivity contribution is -0.140. The smallest absolute Gasteiger partial charge is 0.310 e. The van der Waals surface area contributed by atoms with Crippen molar-refractivity contribution in [2.45, 2.75) is 58.3 Å². The topological polar surface area (TPSA) is 168 Å². The molecule has 0 amide bonds. The number of aliphatic carboxylic acids is 4. The second-order valence-electron chi connectivity index (χ2n) is 8.39. The molecule has 0 aliphatic carbocycles. The molecular weight excluding hydrogens is 484 g/mol. The fraction of sp³-hybridized carbons (Fsp3) is 0.407. The molecule has 0 spiro atoms. The van der Waals surface area contributed by atoms with Crippen LogP contribution < -0.4 is 9.47 Å². The van der Waals surface area contributed by atoms with Gasteiger partial charge in [-0.05, 0) is 57.9 Å². The molecule has 4 N–H and O–H groups in total. The van der Waals surface area contributed by atoms with Crippen LogP contribution in [0, 0.1) is 0 Å². The van der Waals surface area contributed by atoms with E-state index in [0.29, 0.717) is 40.4 Å². The Morgan fingerprint density at radius 1 is 0.649 bits per heavy atom. The highest BCUT2D eigenvalue weighted by atomic mass is 16.5. The van der Waals surface area contributed by atoms with Gasteiger partial charge in [-0.1, -0.05) is 24.3 Å². The minimum Gasteiger partial charge on any atom is -0.496 e. The Hall–Kier alpha value is -4.08. The zero-order valence-corrected chi connectivity index (χ0v) is 21.7. The van der Waals surface area contributed by atoms with E-state index in [0.717, 1.165) is 0 Å². The number of ether oxygens (including phenoxy) is 2. The van der Waals surface area contributed by atoms with Gasteiger partial charge in [-0.25, -0.2) is 0 Å². The normalized spacial score (nSPS) is 13.7. The molecule has 0 heterocycles. The van der Waals surface area contributed by atoms with E-state index in [1.54, 1.807) is 43.3 Å². The van der Waals surface area contributed by atoms with Crippen LogP contribution in [0.5, 0.6) is 11.5 Å². The molecule has 4 atom stereocenters. The van der Waals surface area contributed by atoms with Crippen molar-refractivity contribution < 1.29 is 49.1 Å². The van der Waals surface area contributed by atoms with Crippen molar-refractivity contribution in [1.82, 2.24) is 0 Å². The average molecular weight is 519 g/mol. The maximum Gasteiger partial charge on any atom is 0.310 e. The van der Waals surface area contributed by atoms with Crippen molar-refractivity contribution in [3.8, 4) is 11.5 Å². The molecule has 0 saturated carbocycles. The first-order valence-electron chi connectivity index (χ1n) is 11.6. The van der Waals surface area contributed by atoms with E-state index >= 15 is 0 Å². The number of methoxy groups -OCH3 is 1. The summed E-state index contributed by atoms with van der Waals surface area (Å²) in [4.78, 5) is 44.5. The van der Waals surface area contributed by atoms with Gasteiger partial charge in [-0.3, -0.25) is 19.2 Å². The number of rotatable bonds is 11. The van der Waals surface area contributed by atoms with Gasteiger partial charge in [0.25, 0.3) is 0 Å². The van der Waals surface area contributed by atoms with Gasteiger partial charge in [0.15, 0.2) is 0 Å². The van der Waals surface area contributed by atoms with Gasteiger partial charge in [0.1, 0.15) is 11.5 Å². The van der Waals surface area contributed by atoms with Gasteiger partial charge in [0.05, 0.1) is 37.4 Å². The van der Waals surface area contributed by atoms with Crippen LogP contribution in [0.3, 0.4) is 0 Å². The molecule has 37 heavy (non-hydrogen) atoms. The van der Waals surface area contributed by atoms with Gasteiger partial charge < -0.3 is 29.9 Å². The number of carbonyl (C=O) groups is 4. The summed E-state index contributed by atoms with van der Waals surface area (Å²) >= 11 is 0. The standard InChI is InChI=1S/C14H18O5.C13H16O5/c1-4-19-11-7-5-6-10(8(2)13(15)16)12(11)9(3)14(17)18;1-7(12(14)15)9-5-4-6-10(18-3)11(9)8(2)13(16)17/h5-9H,4H2,1-3H3,(H,15,16)(H,17,18);4-8H,1-3H3,(H,14,15)(H,16,17). The molecule has 0 bridgehead atoms. The first kappa shape index (κ1) is 31.0. The Bertz CT molecular complexity index is 1120. The molecule has 202 valence electrons. The minimum absolute atomic E-state index is 0.393. The first-order valence-corrected chi connectivity index (χ1v) is 11.6. The van der Waals surface area contributed by atoms with Gasteiger partial charge in [-0.15, -0.1) is 0 Å². The second-order valence-corrected chi connectivity index (χ2v) is 8.39. The number of benzene rings is 2. The maximum atomic E-state index is 11.2. The van der Waals surface area contributed by atoms with E-state index < -0.39 is 47.5 Å². The molecule has 2 aromatic carbocycles. The molecule has 0 saturated heterocycles. The quantitative estimate of drug-likeness (QED) is 0.331. The van der Waals surface area contributed by atoms with Crippen LogP contribution in [-0.4, -0.2) is 58.0 Å². The summed E-state index contributed by atoms with van der Waals surface area (Å²) in [6.07, 6.45) is 0. The maximum absolute atomic E-state index is 11.2. The van der Waals surface area contributed by atoms with Crippen molar-refractivity contribution in [3.05, 3.63) is 58.7 Å². The Labute approximate surface area is 215 Å². The average Bonchev–Trinajstić information content (AvgIpc) is 2.86. The molecule has 0 aliphatic rings. The van der Waals surface area contributed by atoms with Crippen molar-refractivity contribution in [2.75, 3.05) is 13.7 Å². The summed E-state index contributed by atoms with van der Waals surface area (Å²) in [6.45, 7) is 8.28. The van der Waals surface area contributed by atoms with Gasteiger partial charge in [0.2, 0.25) is 0 Å². The third-order valence-corrected chi connectivity index (χ3v) is 6.00. The molecule has 0 radical (unpaired) electrons. The Balaban J connectivity index is 0.000000371. The van der Waals surface area contributed by atoms with Crippen LogP contribution in [0.4, 0.5) is 0 Å². The molecule has 2 aromatic rings. The summed E-state index contributed by atoms with van der Waals surface area (Å²) in [6, 6.07) is 9.89. The molecule has 10 nitrogen and oxygen atoms in total. The molecule has 4 unspecified atom stereocenters. The van der Waals surface area contributed by atoms with E-state index in [9.17, 15) is 19.2 Å². The van der Waals surface area contributed by atoms with Gasteiger partial charge in [0, 0.05) is 11.1 Å². The number of carboxylic acid groups (broad SMARTS) is 4. The zero-order chi connectivity index (χ0) is 28.4. The van der Waals surface area contributed by atoms with E-state index in [1.165, 1.54) is 34.8 Å². The second kappa shape index (κ2) is 13.9. The van der Waals surface area contributed by atoms with Crippen LogP contribution >= 0.6 is 0 Å². The van der Waals surface area contributed by atoms with Crippen molar-refractivity contribution in [3.63, 3.8) is 0 Å². The molecular formula is C27H34O10. The van der Waals surface area contributed by atoms with Crippen molar-refractivity contribution in [1.29, 1.82) is 0 Å².